The van der Waals surface area contributed by atoms with Crippen molar-refractivity contribution in [2.75, 3.05) is 13.2 Å². The standard InChI is InChI=1S/C15H19NOS/c1-2-17-14-6-3-5-12(9-14)13(11-16)10-15-7-4-8-18-15/h3-9,13H,2,10-11,16H2,1H3. The van der Waals surface area contributed by atoms with Crippen LogP contribution in [0.3, 0.4) is 0 Å². The van der Waals surface area contributed by atoms with E-state index in [1.165, 1.54) is 10.4 Å². The molecule has 1 aromatic carbocycles. The highest BCUT2D eigenvalue weighted by Crippen LogP contribution is 2.25. The molecule has 0 radical (unpaired) electrons. The van der Waals surface area contributed by atoms with Crippen LogP contribution in [0.5, 0.6) is 5.75 Å². The van der Waals surface area contributed by atoms with Gasteiger partial charge in [-0.15, -0.1) is 11.3 Å². The van der Waals surface area contributed by atoms with Crippen LogP contribution in [0.15, 0.2) is 41.8 Å². The summed E-state index contributed by atoms with van der Waals surface area (Å²) in [6.45, 7) is 3.36. The summed E-state index contributed by atoms with van der Waals surface area (Å²) in [6, 6.07) is 12.5. The van der Waals surface area contributed by atoms with Crippen LogP contribution < -0.4 is 10.5 Å². The van der Waals surface area contributed by atoms with Crippen LogP contribution in [0.25, 0.3) is 0 Å². The van der Waals surface area contributed by atoms with Gasteiger partial charge in [-0.05, 0) is 49.0 Å². The van der Waals surface area contributed by atoms with Crippen molar-refractivity contribution >= 4 is 11.3 Å². The molecule has 1 unspecified atom stereocenters. The Morgan fingerprint density at radius 2 is 2.17 bits per heavy atom. The lowest BCUT2D eigenvalue weighted by Gasteiger charge is -2.15. The second-order valence-corrected chi connectivity index (χ2v) is 5.25. The van der Waals surface area contributed by atoms with Gasteiger partial charge in [0.25, 0.3) is 0 Å². The molecule has 0 fully saturated rings. The molecule has 0 bridgehead atoms. The monoisotopic (exact) mass is 261 g/mol. The van der Waals surface area contributed by atoms with Gasteiger partial charge < -0.3 is 10.5 Å². The summed E-state index contributed by atoms with van der Waals surface area (Å²) in [5.74, 6) is 1.30. The van der Waals surface area contributed by atoms with Crippen molar-refractivity contribution in [2.24, 2.45) is 5.73 Å². The average molecular weight is 261 g/mol. The van der Waals surface area contributed by atoms with Crippen LogP contribution in [0.2, 0.25) is 0 Å². The van der Waals surface area contributed by atoms with Crippen molar-refractivity contribution in [1.82, 2.24) is 0 Å². The smallest absolute Gasteiger partial charge is 0.119 e. The highest BCUT2D eigenvalue weighted by atomic mass is 32.1. The topological polar surface area (TPSA) is 35.2 Å². The lowest BCUT2D eigenvalue weighted by molar-refractivity contribution is 0.339. The minimum Gasteiger partial charge on any atom is -0.494 e. The molecule has 1 heterocycles. The van der Waals surface area contributed by atoms with Gasteiger partial charge in [-0.1, -0.05) is 18.2 Å². The van der Waals surface area contributed by atoms with Crippen molar-refractivity contribution in [3.05, 3.63) is 52.2 Å². The van der Waals surface area contributed by atoms with Crippen LogP contribution in [0.1, 0.15) is 23.3 Å². The first-order valence-electron chi connectivity index (χ1n) is 6.28. The van der Waals surface area contributed by atoms with Crippen molar-refractivity contribution in [1.29, 1.82) is 0 Å². The third kappa shape index (κ3) is 3.34. The summed E-state index contributed by atoms with van der Waals surface area (Å²) in [4.78, 5) is 1.38. The quantitative estimate of drug-likeness (QED) is 0.864. The van der Waals surface area contributed by atoms with Gasteiger partial charge in [0.2, 0.25) is 0 Å². The maximum atomic E-state index is 5.91. The minimum absolute atomic E-state index is 0.365. The molecular formula is C15H19NOS. The van der Waals surface area contributed by atoms with Gasteiger partial charge in [0, 0.05) is 10.8 Å². The molecule has 2 aromatic rings. The van der Waals surface area contributed by atoms with Gasteiger partial charge in [-0.2, -0.15) is 0 Å². The predicted octanol–water partition coefficient (Wildman–Crippen LogP) is 3.43. The van der Waals surface area contributed by atoms with Crippen LogP contribution in [-0.4, -0.2) is 13.2 Å². The maximum absolute atomic E-state index is 5.91. The van der Waals surface area contributed by atoms with Gasteiger partial charge in [0.15, 0.2) is 0 Å². The van der Waals surface area contributed by atoms with E-state index in [0.717, 1.165) is 12.2 Å². The molecule has 0 amide bonds. The summed E-state index contributed by atoms with van der Waals surface area (Å²) in [6.07, 6.45) is 1.00. The Labute approximate surface area is 112 Å². The van der Waals surface area contributed by atoms with E-state index in [1.54, 1.807) is 11.3 Å². The van der Waals surface area contributed by atoms with Gasteiger partial charge >= 0.3 is 0 Å². The number of benzene rings is 1. The summed E-state index contributed by atoms with van der Waals surface area (Å²) >= 11 is 1.79. The lowest BCUT2D eigenvalue weighted by atomic mass is 9.95. The summed E-state index contributed by atoms with van der Waals surface area (Å²) in [5.41, 5.74) is 7.17. The Kier molecular flexibility index (Phi) is 4.79. The Hall–Kier alpha value is -1.32. The van der Waals surface area contributed by atoms with Crippen LogP contribution in [0.4, 0.5) is 0 Å². The molecule has 1 atom stereocenters. The SMILES string of the molecule is CCOc1cccc(C(CN)Cc2cccs2)c1. The number of hydrogen-bond acceptors (Lipinski definition) is 3. The van der Waals surface area contributed by atoms with Crippen molar-refractivity contribution in [3.63, 3.8) is 0 Å². The molecule has 0 aliphatic rings. The van der Waals surface area contributed by atoms with E-state index in [-0.39, 0.29) is 0 Å². The van der Waals surface area contributed by atoms with E-state index in [2.05, 4.69) is 29.6 Å². The fraction of sp³-hybridized carbons (Fsp3) is 0.333. The largest absolute Gasteiger partial charge is 0.494 e. The fourth-order valence-electron chi connectivity index (χ4n) is 2.03. The highest BCUT2D eigenvalue weighted by Gasteiger charge is 2.12. The van der Waals surface area contributed by atoms with Gasteiger partial charge in [-0.25, -0.2) is 0 Å². The zero-order valence-electron chi connectivity index (χ0n) is 10.6. The first kappa shape index (κ1) is 13.1. The van der Waals surface area contributed by atoms with Crippen LogP contribution in [0, 0.1) is 0 Å². The van der Waals surface area contributed by atoms with Gasteiger partial charge in [0.05, 0.1) is 6.61 Å². The molecule has 96 valence electrons. The average Bonchev–Trinajstić information content (AvgIpc) is 2.89. The first-order chi connectivity index (χ1) is 8.83. The molecule has 0 aliphatic carbocycles. The van der Waals surface area contributed by atoms with E-state index >= 15 is 0 Å². The van der Waals surface area contributed by atoms with Crippen LogP contribution >= 0.6 is 11.3 Å². The molecule has 18 heavy (non-hydrogen) atoms. The van der Waals surface area contributed by atoms with Gasteiger partial charge in [0.1, 0.15) is 5.75 Å². The summed E-state index contributed by atoms with van der Waals surface area (Å²) < 4.78 is 5.54. The van der Waals surface area contributed by atoms with E-state index in [0.29, 0.717) is 19.1 Å². The Morgan fingerprint density at radius 1 is 1.28 bits per heavy atom. The zero-order valence-corrected chi connectivity index (χ0v) is 11.5. The molecule has 1 aromatic heterocycles. The Balaban J connectivity index is 2.13. The second-order valence-electron chi connectivity index (χ2n) is 4.22. The number of thiophene rings is 1. The predicted molar refractivity (Wildman–Crippen MR) is 77.4 cm³/mol. The molecule has 0 aliphatic heterocycles. The third-order valence-electron chi connectivity index (χ3n) is 2.95. The second kappa shape index (κ2) is 6.57. The molecule has 3 heteroatoms. The number of nitrogens with two attached hydrogens (primary N) is 1. The molecule has 2 nitrogen and oxygen atoms in total. The normalized spacial score (nSPS) is 12.3. The molecule has 2 N–H and O–H groups in total. The van der Waals surface area contributed by atoms with Crippen molar-refractivity contribution < 1.29 is 4.74 Å². The fourth-order valence-corrected chi connectivity index (χ4v) is 2.82. The van der Waals surface area contributed by atoms with E-state index in [9.17, 15) is 0 Å². The highest BCUT2D eigenvalue weighted by molar-refractivity contribution is 7.09. The maximum Gasteiger partial charge on any atom is 0.119 e. The molecule has 2 rings (SSSR count). The molecule has 0 saturated heterocycles. The summed E-state index contributed by atoms with van der Waals surface area (Å²) in [7, 11) is 0. The van der Waals surface area contributed by atoms with E-state index in [4.69, 9.17) is 10.5 Å². The number of hydrogen-bond donors (Lipinski definition) is 1. The first-order valence-corrected chi connectivity index (χ1v) is 7.16. The number of ether oxygens (including phenoxy) is 1. The van der Waals surface area contributed by atoms with Crippen LogP contribution in [-0.2, 0) is 6.42 Å². The molecule has 0 saturated carbocycles. The zero-order chi connectivity index (χ0) is 12.8. The molecular weight excluding hydrogens is 242 g/mol. The van der Waals surface area contributed by atoms with Crippen molar-refractivity contribution in [3.8, 4) is 5.75 Å². The summed E-state index contributed by atoms with van der Waals surface area (Å²) in [5, 5.41) is 2.11. The third-order valence-corrected chi connectivity index (χ3v) is 3.85. The van der Waals surface area contributed by atoms with Gasteiger partial charge in [-0.3, -0.25) is 0 Å². The number of rotatable bonds is 6. The molecule has 0 spiro atoms. The van der Waals surface area contributed by atoms with E-state index < -0.39 is 0 Å². The van der Waals surface area contributed by atoms with Crippen molar-refractivity contribution in [2.45, 2.75) is 19.3 Å². The Morgan fingerprint density at radius 3 is 2.83 bits per heavy atom. The Bertz CT molecular complexity index is 467. The van der Waals surface area contributed by atoms with E-state index in [1.807, 2.05) is 19.1 Å². The lowest BCUT2D eigenvalue weighted by Crippen LogP contribution is -2.14. The minimum atomic E-state index is 0.365.